The van der Waals surface area contributed by atoms with Crippen LogP contribution in [0, 0.1) is 0 Å². The minimum absolute atomic E-state index is 0.0802. The number of nitrogens with one attached hydrogen (secondary N) is 1. The fraction of sp³-hybridized carbons (Fsp3) is 0.429. The molecule has 0 bridgehead atoms. The van der Waals surface area contributed by atoms with E-state index in [0.29, 0.717) is 12.1 Å². The molecule has 0 spiro atoms. The predicted octanol–water partition coefficient (Wildman–Crippen LogP) is 1.62. The minimum Gasteiger partial charge on any atom is -0.396 e. The number of rotatable bonds is 7. The van der Waals surface area contributed by atoms with Crippen LogP contribution >= 0.6 is 0 Å². The van der Waals surface area contributed by atoms with Crippen LogP contribution in [0.15, 0.2) is 30.6 Å². The van der Waals surface area contributed by atoms with E-state index >= 15 is 0 Å². The number of aliphatic hydroxyl groups is 1. The Balaban J connectivity index is 1.83. The molecule has 102 valence electrons. The van der Waals surface area contributed by atoms with Gasteiger partial charge >= 0.3 is 0 Å². The third-order valence-electron chi connectivity index (χ3n) is 3.04. The smallest absolute Gasteiger partial charge is 0.255 e. The summed E-state index contributed by atoms with van der Waals surface area (Å²) in [5.41, 5.74) is 1.43. The number of carbonyl (C=O) groups is 1. The van der Waals surface area contributed by atoms with Crippen molar-refractivity contribution < 1.29 is 9.90 Å². The molecule has 0 fully saturated rings. The summed E-state index contributed by atoms with van der Waals surface area (Å²) in [7, 11) is 0. The van der Waals surface area contributed by atoms with Crippen LogP contribution in [-0.4, -0.2) is 33.8 Å². The van der Waals surface area contributed by atoms with E-state index in [1.165, 1.54) is 0 Å². The maximum Gasteiger partial charge on any atom is 0.255 e. The molecule has 0 aliphatic heterocycles. The Hall–Kier alpha value is -1.88. The molecule has 0 atom stereocenters. The van der Waals surface area contributed by atoms with Crippen molar-refractivity contribution in [1.29, 1.82) is 0 Å². The molecule has 0 saturated heterocycles. The first-order chi connectivity index (χ1) is 9.33. The van der Waals surface area contributed by atoms with E-state index in [9.17, 15) is 4.79 Å². The Labute approximate surface area is 112 Å². The Morgan fingerprint density at radius 2 is 2.11 bits per heavy atom. The summed E-state index contributed by atoms with van der Waals surface area (Å²) < 4.78 is 1.69. The van der Waals surface area contributed by atoms with Gasteiger partial charge in [-0.1, -0.05) is 18.9 Å². The molecule has 1 amide bonds. The summed E-state index contributed by atoms with van der Waals surface area (Å²) in [5, 5.41) is 15.7. The molecule has 2 N–H and O–H groups in total. The normalized spacial score (nSPS) is 10.8. The molecule has 2 heterocycles. The summed E-state index contributed by atoms with van der Waals surface area (Å²) in [4.78, 5) is 12.0. The third kappa shape index (κ3) is 3.54. The van der Waals surface area contributed by atoms with Gasteiger partial charge in [0.1, 0.15) is 0 Å². The number of amides is 1. The average molecular weight is 261 g/mol. The lowest BCUT2D eigenvalue weighted by Crippen LogP contribution is -2.24. The van der Waals surface area contributed by atoms with Crippen molar-refractivity contribution in [3.05, 3.63) is 36.2 Å². The number of hydrogen-bond acceptors (Lipinski definition) is 3. The molecule has 0 aliphatic rings. The van der Waals surface area contributed by atoms with Crippen molar-refractivity contribution in [1.82, 2.24) is 14.9 Å². The van der Waals surface area contributed by atoms with Gasteiger partial charge in [-0.25, -0.2) is 4.52 Å². The van der Waals surface area contributed by atoms with Gasteiger partial charge in [0.15, 0.2) is 0 Å². The molecule has 2 aromatic heterocycles. The number of unbranched alkanes of at least 4 members (excludes halogenated alkanes) is 3. The fourth-order valence-corrected chi connectivity index (χ4v) is 2.00. The molecule has 5 nitrogen and oxygen atoms in total. The molecule has 0 aliphatic carbocycles. The molecule has 5 heteroatoms. The van der Waals surface area contributed by atoms with Gasteiger partial charge in [-0.3, -0.25) is 4.79 Å². The van der Waals surface area contributed by atoms with Crippen LogP contribution in [0.25, 0.3) is 5.52 Å². The quantitative estimate of drug-likeness (QED) is 0.744. The summed E-state index contributed by atoms with van der Waals surface area (Å²) in [6, 6.07) is 5.65. The Morgan fingerprint density at radius 3 is 2.95 bits per heavy atom. The molecule has 0 saturated carbocycles. The largest absolute Gasteiger partial charge is 0.396 e. The lowest BCUT2D eigenvalue weighted by Gasteiger charge is -2.03. The van der Waals surface area contributed by atoms with E-state index in [4.69, 9.17) is 5.11 Å². The van der Waals surface area contributed by atoms with Gasteiger partial charge in [0.25, 0.3) is 5.91 Å². The van der Waals surface area contributed by atoms with Crippen molar-refractivity contribution in [3.8, 4) is 0 Å². The van der Waals surface area contributed by atoms with Crippen molar-refractivity contribution in [2.24, 2.45) is 0 Å². The van der Waals surface area contributed by atoms with Crippen LogP contribution in [0.2, 0.25) is 0 Å². The third-order valence-corrected chi connectivity index (χ3v) is 3.04. The molecule has 2 rings (SSSR count). The Bertz CT molecular complexity index is 536. The van der Waals surface area contributed by atoms with Gasteiger partial charge in [-0.2, -0.15) is 5.10 Å². The monoisotopic (exact) mass is 261 g/mol. The summed E-state index contributed by atoms with van der Waals surface area (Å²) in [6.45, 7) is 0.906. The fourth-order valence-electron chi connectivity index (χ4n) is 2.00. The highest BCUT2D eigenvalue weighted by molar-refractivity contribution is 6.00. The van der Waals surface area contributed by atoms with Crippen molar-refractivity contribution in [3.63, 3.8) is 0 Å². The highest BCUT2D eigenvalue weighted by Crippen LogP contribution is 2.09. The minimum atomic E-state index is -0.0802. The number of nitrogens with zero attached hydrogens (tertiary/aromatic N) is 2. The second-order valence-electron chi connectivity index (χ2n) is 4.48. The SMILES string of the molecule is O=C(NCCCCCCO)c1cnn2ccccc12. The topological polar surface area (TPSA) is 66.6 Å². The van der Waals surface area contributed by atoms with E-state index in [0.717, 1.165) is 31.2 Å². The zero-order chi connectivity index (χ0) is 13.5. The van der Waals surface area contributed by atoms with Crippen molar-refractivity contribution in [2.45, 2.75) is 25.7 Å². The summed E-state index contributed by atoms with van der Waals surface area (Å²) in [6.07, 6.45) is 7.21. The van der Waals surface area contributed by atoms with Gasteiger partial charge in [-0.15, -0.1) is 0 Å². The van der Waals surface area contributed by atoms with Crippen molar-refractivity contribution in [2.75, 3.05) is 13.2 Å². The lowest BCUT2D eigenvalue weighted by molar-refractivity contribution is 0.0954. The molecular weight excluding hydrogens is 242 g/mol. The Morgan fingerprint density at radius 1 is 1.26 bits per heavy atom. The van der Waals surface area contributed by atoms with Gasteiger partial charge in [-0.05, 0) is 25.0 Å². The van der Waals surface area contributed by atoms with Crippen LogP contribution in [0.5, 0.6) is 0 Å². The van der Waals surface area contributed by atoms with Crippen LogP contribution in [0.4, 0.5) is 0 Å². The molecule has 19 heavy (non-hydrogen) atoms. The standard InChI is InChI=1S/C14H19N3O2/c18-10-6-2-1-4-8-15-14(19)12-11-16-17-9-5-3-7-13(12)17/h3,5,7,9,11,18H,1-2,4,6,8,10H2,(H,15,19). The summed E-state index contributed by atoms with van der Waals surface area (Å²) >= 11 is 0. The number of aromatic nitrogens is 2. The van der Waals surface area contributed by atoms with Gasteiger partial charge in [0.05, 0.1) is 17.3 Å². The maximum atomic E-state index is 12.0. The predicted molar refractivity (Wildman–Crippen MR) is 73.1 cm³/mol. The van der Waals surface area contributed by atoms with Crippen LogP contribution < -0.4 is 5.32 Å². The molecule has 0 unspecified atom stereocenters. The highest BCUT2D eigenvalue weighted by Gasteiger charge is 2.11. The van der Waals surface area contributed by atoms with E-state index in [-0.39, 0.29) is 12.5 Å². The van der Waals surface area contributed by atoms with Gasteiger partial charge in [0, 0.05) is 19.3 Å². The lowest BCUT2D eigenvalue weighted by atomic mass is 10.2. The first-order valence-electron chi connectivity index (χ1n) is 6.64. The van der Waals surface area contributed by atoms with Gasteiger partial charge < -0.3 is 10.4 Å². The highest BCUT2D eigenvalue weighted by atomic mass is 16.2. The molecule has 0 aromatic carbocycles. The Kier molecular flexibility index (Phi) is 4.92. The summed E-state index contributed by atoms with van der Waals surface area (Å²) in [5.74, 6) is -0.0802. The van der Waals surface area contributed by atoms with E-state index in [1.54, 1.807) is 10.7 Å². The maximum absolute atomic E-state index is 12.0. The molecule has 0 radical (unpaired) electrons. The molecular formula is C14H19N3O2. The van der Waals surface area contributed by atoms with Crippen LogP contribution in [0.1, 0.15) is 36.0 Å². The number of hydrogen-bond donors (Lipinski definition) is 2. The second kappa shape index (κ2) is 6.89. The van der Waals surface area contributed by atoms with Crippen LogP contribution in [0.3, 0.4) is 0 Å². The average Bonchev–Trinajstić information content (AvgIpc) is 2.86. The van der Waals surface area contributed by atoms with Crippen molar-refractivity contribution >= 4 is 11.4 Å². The first kappa shape index (κ1) is 13.5. The van der Waals surface area contributed by atoms with Gasteiger partial charge in [0.2, 0.25) is 0 Å². The van der Waals surface area contributed by atoms with E-state index in [1.807, 2.05) is 24.4 Å². The van der Waals surface area contributed by atoms with Crippen LogP contribution in [-0.2, 0) is 0 Å². The second-order valence-corrected chi connectivity index (χ2v) is 4.48. The molecule has 2 aromatic rings. The zero-order valence-electron chi connectivity index (χ0n) is 10.9. The van der Waals surface area contributed by atoms with E-state index in [2.05, 4.69) is 10.4 Å². The van der Waals surface area contributed by atoms with E-state index < -0.39 is 0 Å². The number of aliphatic hydroxyl groups excluding tert-OH is 1. The number of pyridine rings is 1. The number of fused-ring (bicyclic) bond motifs is 1. The first-order valence-corrected chi connectivity index (χ1v) is 6.64. The number of carbonyl (C=O) groups excluding carboxylic acids is 1. The zero-order valence-corrected chi connectivity index (χ0v) is 10.9.